The summed E-state index contributed by atoms with van der Waals surface area (Å²) >= 11 is 1.94. The molecule has 2 rings (SSSR count). The molecule has 0 saturated carbocycles. The van der Waals surface area contributed by atoms with Gasteiger partial charge >= 0.3 is 6.09 Å². The molecule has 2 aliphatic rings. The fraction of sp³-hybridized carbons (Fsp3) is 0.917. The second-order valence-electron chi connectivity index (χ2n) is 6.13. The van der Waals surface area contributed by atoms with Gasteiger partial charge in [-0.3, -0.25) is 5.32 Å². The number of carbonyl (C=O) groups is 1. The van der Waals surface area contributed by atoms with Crippen LogP contribution in [0.3, 0.4) is 0 Å². The van der Waals surface area contributed by atoms with Gasteiger partial charge in [-0.2, -0.15) is 0 Å². The molecule has 1 amide bonds. The Balaban J connectivity index is 1.80. The van der Waals surface area contributed by atoms with Crippen molar-refractivity contribution < 1.29 is 9.53 Å². The summed E-state index contributed by atoms with van der Waals surface area (Å²) in [6.45, 7) is 10.5. The van der Waals surface area contributed by atoms with Crippen molar-refractivity contribution in [1.82, 2.24) is 10.2 Å². The van der Waals surface area contributed by atoms with Crippen LogP contribution < -0.4 is 5.32 Å². The summed E-state index contributed by atoms with van der Waals surface area (Å²) in [4.78, 5) is 13.7. The summed E-state index contributed by atoms with van der Waals surface area (Å²) in [5, 5.41) is 3.54. The molecule has 1 spiro atoms. The van der Waals surface area contributed by atoms with E-state index in [0.717, 1.165) is 25.6 Å². The second kappa shape index (κ2) is 4.35. The third kappa shape index (κ3) is 3.07. The van der Waals surface area contributed by atoms with Crippen molar-refractivity contribution in [1.29, 1.82) is 0 Å². The van der Waals surface area contributed by atoms with E-state index in [1.807, 2.05) is 32.5 Å². The third-order valence-electron chi connectivity index (χ3n) is 2.96. The minimum atomic E-state index is -0.401. The van der Waals surface area contributed by atoms with Crippen LogP contribution in [0.4, 0.5) is 4.79 Å². The Labute approximate surface area is 107 Å². The van der Waals surface area contributed by atoms with Crippen molar-refractivity contribution in [3.8, 4) is 0 Å². The van der Waals surface area contributed by atoms with Gasteiger partial charge in [0.05, 0.1) is 13.1 Å². The Bertz CT molecular complexity index is 298. The van der Waals surface area contributed by atoms with E-state index in [9.17, 15) is 4.79 Å². The number of ether oxygens (including phenoxy) is 1. The summed E-state index contributed by atoms with van der Waals surface area (Å²) < 4.78 is 5.35. The van der Waals surface area contributed by atoms with Gasteiger partial charge in [0.1, 0.15) is 10.5 Å². The van der Waals surface area contributed by atoms with E-state index < -0.39 is 5.60 Å². The number of hydrogen-bond acceptors (Lipinski definition) is 4. The largest absolute Gasteiger partial charge is 0.444 e. The molecule has 4 nitrogen and oxygen atoms in total. The summed E-state index contributed by atoms with van der Waals surface area (Å²) in [5.41, 5.74) is -0.401. The number of amides is 1. The van der Waals surface area contributed by atoms with E-state index in [1.54, 1.807) is 4.90 Å². The smallest absolute Gasteiger partial charge is 0.410 e. The monoisotopic (exact) mass is 258 g/mol. The Morgan fingerprint density at radius 1 is 1.47 bits per heavy atom. The first-order chi connectivity index (χ1) is 7.80. The number of carbonyl (C=O) groups excluding carboxylic acids is 1. The molecule has 0 aliphatic carbocycles. The van der Waals surface area contributed by atoms with Gasteiger partial charge in [-0.05, 0) is 39.0 Å². The van der Waals surface area contributed by atoms with Crippen LogP contribution in [-0.2, 0) is 4.74 Å². The van der Waals surface area contributed by atoms with Crippen molar-refractivity contribution in [2.45, 2.75) is 38.2 Å². The molecule has 0 aromatic carbocycles. The van der Waals surface area contributed by atoms with Gasteiger partial charge < -0.3 is 9.64 Å². The number of hydrogen-bond donors (Lipinski definition) is 1. The lowest BCUT2D eigenvalue weighted by Gasteiger charge is -2.52. The molecular weight excluding hydrogens is 236 g/mol. The van der Waals surface area contributed by atoms with Crippen molar-refractivity contribution >= 4 is 17.9 Å². The molecule has 17 heavy (non-hydrogen) atoms. The highest BCUT2D eigenvalue weighted by Gasteiger charge is 2.48. The zero-order chi connectivity index (χ0) is 12.7. The second-order valence-corrected chi connectivity index (χ2v) is 7.53. The average molecular weight is 258 g/mol. The highest BCUT2D eigenvalue weighted by molar-refractivity contribution is 8.00. The van der Waals surface area contributed by atoms with Crippen molar-refractivity contribution in [3.05, 3.63) is 0 Å². The molecule has 1 N–H and O–H groups in total. The molecule has 1 atom stereocenters. The number of nitrogens with one attached hydrogen (secondary N) is 1. The van der Waals surface area contributed by atoms with Crippen molar-refractivity contribution in [2.24, 2.45) is 5.92 Å². The minimum Gasteiger partial charge on any atom is -0.444 e. The van der Waals surface area contributed by atoms with Gasteiger partial charge in [-0.15, -0.1) is 11.8 Å². The van der Waals surface area contributed by atoms with Crippen molar-refractivity contribution in [3.63, 3.8) is 0 Å². The van der Waals surface area contributed by atoms with E-state index in [4.69, 9.17) is 4.74 Å². The fourth-order valence-corrected chi connectivity index (χ4v) is 3.40. The van der Waals surface area contributed by atoms with E-state index in [0.29, 0.717) is 0 Å². The summed E-state index contributed by atoms with van der Waals surface area (Å²) in [6.07, 6.45) is -0.191. The predicted octanol–water partition coefficient (Wildman–Crippen LogP) is 1.91. The first kappa shape index (κ1) is 13.0. The van der Waals surface area contributed by atoms with E-state index in [1.165, 1.54) is 5.75 Å². The van der Waals surface area contributed by atoms with Crippen molar-refractivity contribution in [2.75, 3.05) is 25.4 Å². The maximum atomic E-state index is 11.8. The van der Waals surface area contributed by atoms with Gasteiger partial charge in [0.25, 0.3) is 0 Å². The average Bonchev–Trinajstić information content (AvgIpc) is 2.13. The van der Waals surface area contributed by atoms with E-state index in [2.05, 4.69) is 12.2 Å². The summed E-state index contributed by atoms with van der Waals surface area (Å²) in [6, 6.07) is 0. The first-order valence-electron chi connectivity index (χ1n) is 6.17. The predicted molar refractivity (Wildman–Crippen MR) is 70.2 cm³/mol. The van der Waals surface area contributed by atoms with E-state index in [-0.39, 0.29) is 11.0 Å². The molecule has 98 valence electrons. The summed E-state index contributed by atoms with van der Waals surface area (Å²) in [7, 11) is 0. The van der Waals surface area contributed by atoms with Crippen LogP contribution in [0.1, 0.15) is 27.7 Å². The fourth-order valence-electron chi connectivity index (χ4n) is 2.00. The Morgan fingerprint density at radius 3 is 2.59 bits per heavy atom. The molecule has 2 aliphatic heterocycles. The van der Waals surface area contributed by atoms with Crippen LogP contribution in [0.25, 0.3) is 0 Å². The highest BCUT2D eigenvalue weighted by atomic mass is 32.2. The maximum Gasteiger partial charge on any atom is 0.410 e. The number of thioether (sulfide) groups is 1. The molecule has 0 aromatic heterocycles. The summed E-state index contributed by atoms with van der Waals surface area (Å²) in [5.74, 6) is 1.90. The lowest BCUT2D eigenvalue weighted by Crippen LogP contribution is -2.70. The number of likely N-dealkylation sites (tertiary alicyclic amines) is 1. The highest BCUT2D eigenvalue weighted by Crippen LogP contribution is 2.37. The Kier molecular flexibility index (Phi) is 3.34. The standard InChI is InChI=1S/C12H22N2O2S/c1-9-5-13-12(17-6-9)7-14(8-12)10(15)16-11(2,3)4/h9,13H,5-8H2,1-4H3. The molecule has 2 fully saturated rings. The maximum absolute atomic E-state index is 11.8. The zero-order valence-electron chi connectivity index (χ0n) is 11.1. The lowest BCUT2D eigenvalue weighted by atomic mass is 10.1. The van der Waals surface area contributed by atoms with Gasteiger partial charge in [0.15, 0.2) is 0 Å². The van der Waals surface area contributed by atoms with Crippen LogP contribution in [0, 0.1) is 5.92 Å². The molecule has 2 heterocycles. The van der Waals surface area contributed by atoms with Gasteiger partial charge in [0.2, 0.25) is 0 Å². The van der Waals surface area contributed by atoms with Crippen LogP contribution in [0.2, 0.25) is 0 Å². The quantitative estimate of drug-likeness (QED) is 0.720. The van der Waals surface area contributed by atoms with Crippen LogP contribution in [0.5, 0.6) is 0 Å². The number of rotatable bonds is 0. The molecule has 5 heteroatoms. The van der Waals surface area contributed by atoms with Gasteiger partial charge in [-0.1, -0.05) is 6.92 Å². The van der Waals surface area contributed by atoms with Gasteiger partial charge in [0, 0.05) is 0 Å². The normalized spacial score (nSPS) is 27.8. The molecule has 0 radical (unpaired) electrons. The molecule has 1 unspecified atom stereocenters. The molecule has 0 aromatic rings. The SMILES string of the molecule is CC1CNC2(CN(C(=O)OC(C)(C)C)C2)SC1. The Hall–Kier alpha value is -0.420. The minimum absolute atomic E-state index is 0.101. The third-order valence-corrected chi connectivity index (χ3v) is 4.65. The van der Waals surface area contributed by atoms with Crippen LogP contribution >= 0.6 is 11.8 Å². The Morgan fingerprint density at radius 2 is 2.12 bits per heavy atom. The lowest BCUT2D eigenvalue weighted by molar-refractivity contribution is -0.000166. The number of nitrogens with zero attached hydrogens (tertiary/aromatic N) is 1. The molecule has 2 saturated heterocycles. The zero-order valence-corrected chi connectivity index (χ0v) is 11.9. The van der Waals surface area contributed by atoms with Gasteiger partial charge in [-0.25, -0.2) is 4.79 Å². The van der Waals surface area contributed by atoms with E-state index >= 15 is 0 Å². The van der Waals surface area contributed by atoms with Crippen LogP contribution in [0.15, 0.2) is 0 Å². The molecular formula is C12H22N2O2S. The van der Waals surface area contributed by atoms with Crippen LogP contribution in [-0.4, -0.2) is 46.9 Å². The topological polar surface area (TPSA) is 41.6 Å². The first-order valence-corrected chi connectivity index (χ1v) is 7.15. The molecule has 0 bridgehead atoms.